The van der Waals surface area contributed by atoms with Crippen LogP contribution in [0, 0.1) is 6.92 Å². The van der Waals surface area contributed by atoms with Gasteiger partial charge in [-0.25, -0.2) is 4.98 Å². The third-order valence-corrected chi connectivity index (χ3v) is 2.99. The van der Waals surface area contributed by atoms with Gasteiger partial charge in [-0.15, -0.1) is 0 Å². The zero-order chi connectivity index (χ0) is 13.9. The standard InChI is InChI=1S/C14H12ClN5/c1-9-6-13(20-19-9)18-14-8-16-7-12(17-14)10-2-4-11(15)5-3-10/h2-8H,1H3,(H2,17,18,19,20). The second-order valence-electron chi connectivity index (χ2n) is 4.36. The molecule has 2 heterocycles. The highest BCUT2D eigenvalue weighted by Crippen LogP contribution is 2.21. The molecule has 100 valence electrons. The summed E-state index contributed by atoms with van der Waals surface area (Å²) in [6, 6.07) is 9.38. The van der Waals surface area contributed by atoms with E-state index in [2.05, 4.69) is 25.5 Å². The van der Waals surface area contributed by atoms with Gasteiger partial charge in [-0.3, -0.25) is 10.1 Å². The Balaban J connectivity index is 1.87. The van der Waals surface area contributed by atoms with Gasteiger partial charge >= 0.3 is 0 Å². The van der Waals surface area contributed by atoms with Crippen LogP contribution in [0.3, 0.4) is 0 Å². The molecule has 0 aliphatic rings. The predicted molar refractivity (Wildman–Crippen MR) is 79.1 cm³/mol. The van der Waals surface area contributed by atoms with E-state index in [0.29, 0.717) is 16.7 Å². The van der Waals surface area contributed by atoms with Crippen molar-refractivity contribution in [2.75, 3.05) is 5.32 Å². The molecule has 0 fully saturated rings. The Morgan fingerprint density at radius 1 is 1.10 bits per heavy atom. The molecule has 0 saturated carbocycles. The van der Waals surface area contributed by atoms with E-state index in [1.165, 1.54) is 0 Å². The molecule has 1 aromatic carbocycles. The Morgan fingerprint density at radius 3 is 2.60 bits per heavy atom. The third-order valence-electron chi connectivity index (χ3n) is 2.74. The second-order valence-corrected chi connectivity index (χ2v) is 4.79. The summed E-state index contributed by atoms with van der Waals surface area (Å²) < 4.78 is 0. The molecule has 3 rings (SSSR count). The summed E-state index contributed by atoms with van der Waals surface area (Å²) in [6.07, 6.45) is 3.37. The fourth-order valence-corrected chi connectivity index (χ4v) is 1.93. The largest absolute Gasteiger partial charge is 0.322 e. The highest BCUT2D eigenvalue weighted by Gasteiger charge is 2.04. The Hall–Kier alpha value is -2.40. The molecule has 5 nitrogen and oxygen atoms in total. The van der Waals surface area contributed by atoms with Gasteiger partial charge < -0.3 is 5.32 Å². The molecule has 6 heteroatoms. The molecular weight excluding hydrogens is 274 g/mol. The van der Waals surface area contributed by atoms with Crippen molar-refractivity contribution in [3.63, 3.8) is 0 Å². The van der Waals surface area contributed by atoms with Crippen molar-refractivity contribution < 1.29 is 0 Å². The number of nitrogens with one attached hydrogen (secondary N) is 2. The maximum atomic E-state index is 5.88. The minimum Gasteiger partial charge on any atom is -0.322 e. The van der Waals surface area contributed by atoms with Crippen LogP contribution in [0.25, 0.3) is 11.3 Å². The number of hydrogen-bond acceptors (Lipinski definition) is 4. The average Bonchev–Trinajstić information content (AvgIpc) is 2.85. The quantitative estimate of drug-likeness (QED) is 0.772. The number of halogens is 1. The molecular formula is C14H12ClN5. The SMILES string of the molecule is Cc1cc(Nc2cncc(-c3ccc(Cl)cc3)n2)n[nH]1. The fourth-order valence-electron chi connectivity index (χ4n) is 1.80. The average molecular weight is 286 g/mol. The van der Waals surface area contributed by atoms with Crippen LogP contribution in [-0.2, 0) is 0 Å². The first-order valence-corrected chi connectivity index (χ1v) is 6.45. The normalized spacial score (nSPS) is 10.5. The van der Waals surface area contributed by atoms with Crippen molar-refractivity contribution in [1.29, 1.82) is 0 Å². The van der Waals surface area contributed by atoms with E-state index in [1.807, 2.05) is 37.3 Å². The van der Waals surface area contributed by atoms with Gasteiger partial charge in [-0.05, 0) is 19.1 Å². The summed E-state index contributed by atoms with van der Waals surface area (Å²) in [5.41, 5.74) is 2.72. The number of aromatic amines is 1. The first-order chi connectivity index (χ1) is 9.70. The van der Waals surface area contributed by atoms with Gasteiger partial charge in [-0.1, -0.05) is 23.7 Å². The number of anilines is 2. The summed E-state index contributed by atoms with van der Waals surface area (Å²) in [4.78, 5) is 8.70. The third kappa shape index (κ3) is 2.78. The van der Waals surface area contributed by atoms with Gasteiger partial charge in [0, 0.05) is 22.3 Å². The number of nitrogens with zero attached hydrogens (tertiary/aromatic N) is 3. The Labute approximate surface area is 121 Å². The van der Waals surface area contributed by atoms with E-state index in [9.17, 15) is 0 Å². The summed E-state index contributed by atoms with van der Waals surface area (Å²) >= 11 is 5.88. The number of rotatable bonds is 3. The van der Waals surface area contributed by atoms with Crippen molar-refractivity contribution in [3.8, 4) is 11.3 Å². The molecule has 3 aromatic rings. The van der Waals surface area contributed by atoms with Crippen LogP contribution in [0.15, 0.2) is 42.7 Å². The van der Waals surface area contributed by atoms with Gasteiger partial charge in [-0.2, -0.15) is 5.10 Å². The maximum Gasteiger partial charge on any atom is 0.153 e. The lowest BCUT2D eigenvalue weighted by molar-refractivity contribution is 1.05. The fraction of sp³-hybridized carbons (Fsp3) is 0.0714. The molecule has 0 radical (unpaired) electrons. The van der Waals surface area contributed by atoms with Gasteiger partial charge in [0.25, 0.3) is 0 Å². The van der Waals surface area contributed by atoms with E-state index in [-0.39, 0.29) is 0 Å². The lowest BCUT2D eigenvalue weighted by Crippen LogP contribution is -1.96. The molecule has 0 aliphatic heterocycles. The molecule has 0 bridgehead atoms. The molecule has 0 unspecified atom stereocenters. The summed E-state index contributed by atoms with van der Waals surface area (Å²) in [6.45, 7) is 1.94. The number of benzene rings is 1. The molecule has 0 saturated heterocycles. The molecule has 0 amide bonds. The zero-order valence-corrected chi connectivity index (χ0v) is 11.5. The van der Waals surface area contributed by atoms with E-state index in [4.69, 9.17) is 11.6 Å². The van der Waals surface area contributed by atoms with Crippen LogP contribution < -0.4 is 5.32 Å². The van der Waals surface area contributed by atoms with Crippen LogP contribution in [0.4, 0.5) is 11.6 Å². The zero-order valence-electron chi connectivity index (χ0n) is 10.8. The molecule has 20 heavy (non-hydrogen) atoms. The summed E-state index contributed by atoms with van der Waals surface area (Å²) in [7, 11) is 0. The lowest BCUT2D eigenvalue weighted by atomic mass is 10.2. The first-order valence-electron chi connectivity index (χ1n) is 6.08. The molecule has 2 N–H and O–H groups in total. The number of aryl methyl sites for hydroxylation is 1. The summed E-state index contributed by atoms with van der Waals surface area (Å²) in [5, 5.41) is 10.8. The van der Waals surface area contributed by atoms with Gasteiger partial charge in [0.05, 0.1) is 18.1 Å². The van der Waals surface area contributed by atoms with Crippen LogP contribution in [0.1, 0.15) is 5.69 Å². The molecule has 0 spiro atoms. The van der Waals surface area contributed by atoms with E-state index >= 15 is 0 Å². The van der Waals surface area contributed by atoms with Gasteiger partial charge in [0.1, 0.15) is 0 Å². The predicted octanol–water partition coefficient (Wildman–Crippen LogP) is 3.57. The van der Waals surface area contributed by atoms with Crippen molar-refractivity contribution in [3.05, 3.63) is 53.4 Å². The van der Waals surface area contributed by atoms with Crippen molar-refractivity contribution in [2.45, 2.75) is 6.92 Å². The van der Waals surface area contributed by atoms with E-state index in [1.54, 1.807) is 12.4 Å². The summed E-state index contributed by atoms with van der Waals surface area (Å²) in [5.74, 6) is 1.36. The van der Waals surface area contributed by atoms with Crippen molar-refractivity contribution in [2.24, 2.45) is 0 Å². The molecule has 0 atom stereocenters. The Morgan fingerprint density at radius 2 is 1.90 bits per heavy atom. The van der Waals surface area contributed by atoms with Crippen molar-refractivity contribution >= 4 is 23.2 Å². The number of hydrogen-bond donors (Lipinski definition) is 2. The molecule has 2 aromatic heterocycles. The van der Waals surface area contributed by atoms with Crippen LogP contribution >= 0.6 is 11.6 Å². The Kier molecular flexibility index (Phi) is 3.35. The van der Waals surface area contributed by atoms with Crippen LogP contribution in [0.5, 0.6) is 0 Å². The second kappa shape index (κ2) is 5.30. The number of H-pyrrole nitrogens is 1. The minimum absolute atomic E-state index is 0.643. The topological polar surface area (TPSA) is 66.5 Å². The van der Waals surface area contributed by atoms with Crippen molar-refractivity contribution in [1.82, 2.24) is 20.2 Å². The highest BCUT2D eigenvalue weighted by atomic mass is 35.5. The minimum atomic E-state index is 0.643. The Bertz CT molecular complexity index is 720. The maximum absolute atomic E-state index is 5.88. The van der Waals surface area contributed by atoms with E-state index < -0.39 is 0 Å². The van der Waals surface area contributed by atoms with Gasteiger partial charge in [0.2, 0.25) is 0 Å². The molecule has 0 aliphatic carbocycles. The van der Waals surface area contributed by atoms with Gasteiger partial charge in [0.15, 0.2) is 11.6 Å². The van der Waals surface area contributed by atoms with Crippen LogP contribution in [0.2, 0.25) is 5.02 Å². The highest BCUT2D eigenvalue weighted by molar-refractivity contribution is 6.30. The smallest absolute Gasteiger partial charge is 0.153 e. The van der Waals surface area contributed by atoms with Crippen LogP contribution in [-0.4, -0.2) is 20.2 Å². The number of aromatic nitrogens is 4. The van der Waals surface area contributed by atoms with E-state index in [0.717, 1.165) is 17.0 Å². The lowest BCUT2D eigenvalue weighted by Gasteiger charge is -2.04. The monoisotopic (exact) mass is 285 g/mol. The first kappa shape index (κ1) is 12.6.